The van der Waals surface area contributed by atoms with Crippen LogP contribution >= 0.6 is 0 Å². The average Bonchev–Trinajstić information content (AvgIpc) is 2.82. The second-order valence-electron chi connectivity index (χ2n) is 8.14. The van der Waals surface area contributed by atoms with Crippen molar-refractivity contribution in [2.24, 2.45) is 0 Å². The number of piperidine rings is 1. The lowest BCUT2D eigenvalue weighted by atomic mass is 10.1. The van der Waals surface area contributed by atoms with Crippen LogP contribution in [0.15, 0.2) is 48.7 Å². The molecular weight excluding hydrogens is 393 g/mol. The van der Waals surface area contributed by atoms with E-state index in [1.807, 2.05) is 24.4 Å². The summed E-state index contributed by atoms with van der Waals surface area (Å²) in [7, 11) is 0. The number of hydrogen-bond donors (Lipinski definition) is 0. The monoisotopic (exact) mass is 419 g/mol. The summed E-state index contributed by atoms with van der Waals surface area (Å²) < 4.78 is 19.5. The van der Waals surface area contributed by atoms with E-state index in [9.17, 15) is 4.39 Å². The lowest BCUT2D eigenvalue weighted by Gasteiger charge is -2.31. The van der Waals surface area contributed by atoms with Crippen LogP contribution in [0.1, 0.15) is 36.2 Å². The molecule has 0 radical (unpaired) electrons. The molecule has 0 aliphatic carbocycles. The minimum absolute atomic E-state index is 0.285. The van der Waals surface area contributed by atoms with Gasteiger partial charge in [-0.15, -0.1) is 0 Å². The first-order valence-electron chi connectivity index (χ1n) is 10.9. The van der Waals surface area contributed by atoms with E-state index in [1.54, 1.807) is 12.1 Å². The highest BCUT2D eigenvalue weighted by Crippen LogP contribution is 2.32. The molecule has 1 aromatic carbocycles. The van der Waals surface area contributed by atoms with Crippen LogP contribution in [0.4, 0.5) is 10.3 Å². The minimum Gasteiger partial charge on any atom is -0.438 e. The van der Waals surface area contributed by atoms with Crippen LogP contribution in [0.25, 0.3) is 0 Å². The molecule has 5 rings (SSSR count). The van der Waals surface area contributed by atoms with Crippen molar-refractivity contribution in [3.63, 3.8) is 0 Å². The molecule has 1 saturated heterocycles. The van der Waals surface area contributed by atoms with Crippen LogP contribution in [0.3, 0.4) is 0 Å². The van der Waals surface area contributed by atoms with E-state index in [1.165, 1.54) is 18.6 Å². The van der Waals surface area contributed by atoms with Gasteiger partial charge in [-0.2, -0.15) is 4.98 Å². The Bertz CT molecular complexity index is 1020. The number of rotatable bonds is 5. The molecule has 0 saturated carbocycles. The Kier molecular flexibility index (Phi) is 5.76. The normalized spacial score (nSPS) is 16.7. The van der Waals surface area contributed by atoms with Gasteiger partial charge in [0.25, 0.3) is 0 Å². The van der Waals surface area contributed by atoms with Crippen LogP contribution < -0.4 is 9.64 Å². The first-order valence-corrected chi connectivity index (χ1v) is 10.9. The molecule has 6 nitrogen and oxygen atoms in total. The summed E-state index contributed by atoms with van der Waals surface area (Å²) in [4.78, 5) is 18.8. The van der Waals surface area contributed by atoms with Gasteiger partial charge in [-0.05, 0) is 55.7 Å². The molecule has 160 valence electrons. The van der Waals surface area contributed by atoms with E-state index in [0.29, 0.717) is 18.2 Å². The van der Waals surface area contributed by atoms with Crippen molar-refractivity contribution < 1.29 is 9.13 Å². The molecule has 0 N–H and O–H groups in total. The highest BCUT2D eigenvalue weighted by atomic mass is 19.1. The number of fused-ring (bicyclic) bond motifs is 1. The van der Waals surface area contributed by atoms with Gasteiger partial charge < -0.3 is 9.64 Å². The predicted molar refractivity (Wildman–Crippen MR) is 117 cm³/mol. The zero-order chi connectivity index (χ0) is 21.0. The SMILES string of the molecule is Fc1ccc(Oc2nc(N3CCCCC3)nc3c2CN(Cc2ccccn2)CC3)cc1. The van der Waals surface area contributed by atoms with Gasteiger partial charge in [-0.1, -0.05) is 6.07 Å². The Morgan fingerprint density at radius 1 is 0.935 bits per heavy atom. The van der Waals surface area contributed by atoms with Crippen molar-refractivity contribution in [2.75, 3.05) is 24.5 Å². The summed E-state index contributed by atoms with van der Waals surface area (Å²) in [6.07, 6.45) is 6.23. The molecule has 4 heterocycles. The largest absolute Gasteiger partial charge is 0.438 e. The maximum absolute atomic E-state index is 13.4. The summed E-state index contributed by atoms with van der Waals surface area (Å²) in [6.45, 7) is 4.32. The number of hydrogen-bond acceptors (Lipinski definition) is 6. The number of benzene rings is 1. The second kappa shape index (κ2) is 8.98. The summed E-state index contributed by atoms with van der Waals surface area (Å²) in [5.74, 6) is 1.61. The zero-order valence-electron chi connectivity index (χ0n) is 17.5. The van der Waals surface area contributed by atoms with Crippen LogP contribution in [0.5, 0.6) is 11.6 Å². The zero-order valence-corrected chi connectivity index (χ0v) is 17.5. The van der Waals surface area contributed by atoms with Gasteiger partial charge in [-0.3, -0.25) is 9.88 Å². The van der Waals surface area contributed by atoms with E-state index in [4.69, 9.17) is 14.7 Å². The fourth-order valence-electron chi connectivity index (χ4n) is 4.22. The molecule has 31 heavy (non-hydrogen) atoms. The van der Waals surface area contributed by atoms with Crippen molar-refractivity contribution in [1.82, 2.24) is 19.9 Å². The van der Waals surface area contributed by atoms with Crippen molar-refractivity contribution in [3.05, 3.63) is 71.4 Å². The molecule has 0 spiro atoms. The van der Waals surface area contributed by atoms with Crippen molar-refractivity contribution in [1.29, 1.82) is 0 Å². The Morgan fingerprint density at radius 3 is 2.55 bits per heavy atom. The van der Waals surface area contributed by atoms with E-state index in [2.05, 4.69) is 14.8 Å². The van der Waals surface area contributed by atoms with E-state index in [0.717, 1.165) is 68.3 Å². The molecule has 2 aromatic heterocycles. The number of halogens is 1. The van der Waals surface area contributed by atoms with E-state index in [-0.39, 0.29) is 5.82 Å². The van der Waals surface area contributed by atoms with Crippen molar-refractivity contribution in [3.8, 4) is 11.6 Å². The highest BCUT2D eigenvalue weighted by molar-refractivity contribution is 5.43. The molecular formula is C24H26FN5O. The topological polar surface area (TPSA) is 54.4 Å². The van der Waals surface area contributed by atoms with Gasteiger partial charge >= 0.3 is 0 Å². The molecule has 1 fully saturated rings. The van der Waals surface area contributed by atoms with Crippen LogP contribution in [-0.4, -0.2) is 39.5 Å². The second-order valence-corrected chi connectivity index (χ2v) is 8.14. The summed E-state index contributed by atoms with van der Waals surface area (Å²) >= 11 is 0. The third-order valence-electron chi connectivity index (χ3n) is 5.87. The van der Waals surface area contributed by atoms with Crippen molar-refractivity contribution in [2.45, 2.75) is 38.8 Å². The van der Waals surface area contributed by atoms with Crippen LogP contribution in [-0.2, 0) is 19.5 Å². The molecule has 2 aliphatic heterocycles. The van der Waals surface area contributed by atoms with Crippen LogP contribution in [0.2, 0.25) is 0 Å². The fraction of sp³-hybridized carbons (Fsp3) is 0.375. The molecule has 0 amide bonds. The quantitative estimate of drug-likeness (QED) is 0.613. The van der Waals surface area contributed by atoms with Gasteiger partial charge in [0.2, 0.25) is 11.8 Å². The maximum atomic E-state index is 13.4. The van der Waals surface area contributed by atoms with Crippen LogP contribution in [0, 0.1) is 5.82 Å². The van der Waals surface area contributed by atoms with E-state index < -0.39 is 0 Å². The van der Waals surface area contributed by atoms with Gasteiger partial charge in [0.15, 0.2) is 0 Å². The minimum atomic E-state index is -0.285. The molecule has 0 bridgehead atoms. The third kappa shape index (κ3) is 4.66. The Balaban J connectivity index is 1.45. The molecule has 7 heteroatoms. The summed E-state index contributed by atoms with van der Waals surface area (Å²) in [5, 5.41) is 0. The van der Waals surface area contributed by atoms with Crippen molar-refractivity contribution >= 4 is 5.95 Å². The average molecular weight is 420 g/mol. The maximum Gasteiger partial charge on any atom is 0.228 e. The Labute approximate surface area is 181 Å². The smallest absolute Gasteiger partial charge is 0.228 e. The summed E-state index contributed by atoms with van der Waals surface area (Å²) in [6, 6.07) is 12.1. The number of aromatic nitrogens is 3. The predicted octanol–water partition coefficient (Wildman–Crippen LogP) is 4.35. The first-order chi connectivity index (χ1) is 15.2. The molecule has 2 aliphatic rings. The Morgan fingerprint density at radius 2 is 1.77 bits per heavy atom. The lowest BCUT2D eigenvalue weighted by molar-refractivity contribution is 0.235. The fourth-order valence-corrected chi connectivity index (χ4v) is 4.22. The molecule has 0 unspecified atom stereocenters. The first kappa shape index (κ1) is 19.9. The highest BCUT2D eigenvalue weighted by Gasteiger charge is 2.26. The number of pyridine rings is 1. The molecule has 0 atom stereocenters. The van der Waals surface area contributed by atoms with Gasteiger partial charge in [0.1, 0.15) is 11.6 Å². The summed E-state index contributed by atoms with van der Waals surface area (Å²) in [5.41, 5.74) is 3.09. The number of ether oxygens (including phenoxy) is 1. The van der Waals surface area contributed by atoms with Gasteiger partial charge in [0.05, 0.1) is 17.0 Å². The number of anilines is 1. The standard InChI is InChI=1S/C24H26FN5O/c25-18-7-9-20(10-8-18)31-23-21-17-29(16-19-6-2-3-12-26-19)15-11-22(21)27-24(28-23)30-13-4-1-5-14-30/h2-3,6-10,12H,1,4-5,11,13-17H2. The third-order valence-corrected chi connectivity index (χ3v) is 5.87. The van der Waals surface area contributed by atoms with E-state index >= 15 is 0 Å². The Hall–Kier alpha value is -3.06. The lowest BCUT2D eigenvalue weighted by Crippen LogP contribution is -2.34. The van der Waals surface area contributed by atoms with Gasteiger partial charge in [-0.25, -0.2) is 9.37 Å². The number of nitrogens with zero attached hydrogens (tertiary/aromatic N) is 5. The molecule has 3 aromatic rings. The van der Waals surface area contributed by atoms with Gasteiger partial charge in [0, 0.05) is 45.3 Å².